The first-order valence-electron chi connectivity index (χ1n) is 7.49. The van der Waals surface area contributed by atoms with E-state index in [1.807, 2.05) is 6.92 Å². The van der Waals surface area contributed by atoms with Gasteiger partial charge in [0, 0.05) is 30.1 Å². The molecule has 1 aliphatic heterocycles. The molecular weight excluding hydrogens is 287 g/mol. The molecule has 1 aromatic carbocycles. The summed E-state index contributed by atoms with van der Waals surface area (Å²) in [6.45, 7) is 3.42. The van der Waals surface area contributed by atoms with E-state index < -0.39 is 18.0 Å². The third-order valence-corrected chi connectivity index (χ3v) is 4.67. The number of hydrogen-bond donors (Lipinski definition) is 2. The standard InChI is InChI=1S/C16H19FN2O3/c1-8-14(18-16(21)22)12-7-11(17)5-6-13(12)19(9(2)20)15(8)10-3-4-10/h5-8,10,14-15,18H,3-4H2,1-2H3,(H,21,22)/t8-,14-,15-/m1/s1. The van der Waals surface area contributed by atoms with Gasteiger partial charge in [-0.25, -0.2) is 9.18 Å². The van der Waals surface area contributed by atoms with Gasteiger partial charge in [-0.15, -0.1) is 0 Å². The monoisotopic (exact) mass is 306 g/mol. The molecule has 2 amide bonds. The number of carboxylic acid groups (broad SMARTS) is 1. The molecule has 1 aromatic rings. The summed E-state index contributed by atoms with van der Waals surface area (Å²) in [6.07, 6.45) is 0.933. The Morgan fingerprint density at radius 2 is 2.05 bits per heavy atom. The van der Waals surface area contributed by atoms with Crippen molar-refractivity contribution in [2.24, 2.45) is 11.8 Å². The van der Waals surface area contributed by atoms with E-state index in [2.05, 4.69) is 5.32 Å². The summed E-state index contributed by atoms with van der Waals surface area (Å²) in [7, 11) is 0. The fourth-order valence-electron chi connectivity index (χ4n) is 3.67. The molecule has 0 radical (unpaired) electrons. The Labute approximate surface area is 128 Å². The largest absolute Gasteiger partial charge is 0.465 e. The molecule has 3 atom stereocenters. The normalized spacial score (nSPS) is 27.2. The van der Waals surface area contributed by atoms with Crippen LogP contribution in [-0.4, -0.2) is 23.1 Å². The predicted octanol–water partition coefficient (Wildman–Crippen LogP) is 2.92. The van der Waals surface area contributed by atoms with E-state index in [1.165, 1.54) is 19.1 Å². The van der Waals surface area contributed by atoms with Crippen LogP contribution in [-0.2, 0) is 4.79 Å². The van der Waals surface area contributed by atoms with Crippen molar-refractivity contribution in [1.29, 1.82) is 0 Å². The van der Waals surface area contributed by atoms with Gasteiger partial charge >= 0.3 is 6.09 Å². The van der Waals surface area contributed by atoms with E-state index >= 15 is 0 Å². The summed E-state index contributed by atoms with van der Waals surface area (Å²) >= 11 is 0. The van der Waals surface area contributed by atoms with Gasteiger partial charge in [0.25, 0.3) is 0 Å². The average Bonchev–Trinajstić information content (AvgIpc) is 3.25. The van der Waals surface area contributed by atoms with Crippen molar-refractivity contribution in [1.82, 2.24) is 5.32 Å². The highest BCUT2D eigenvalue weighted by atomic mass is 19.1. The van der Waals surface area contributed by atoms with Gasteiger partial charge in [-0.2, -0.15) is 0 Å². The smallest absolute Gasteiger partial charge is 0.405 e. The summed E-state index contributed by atoms with van der Waals surface area (Å²) in [5.41, 5.74) is 1.14. The minimum Gasteiger partial charge on any atom is -0.465 e. The lowest BCUT2D eigenvalue weighted by Gasteiger charge is -2.45. The van der Waals surface area contributed by atoms with Crippen LogP contribution in [0.1, 0.15) is 38.3 Å². The van der Waals surface area contributed by atoms with E-state index in [4.69, 9.17) is 5.11 Å². The van der Waals surface area contributed by atoms with Gasteiger partial charge in [0.1, 0.15) is 5.82 Å². The maximum atomic E-state index is 13.7. The van der Waals surface area contributed by atoms with Crippen LogP contribution in [0.4, 0.5) is 14.9 Å². The second-order valence-corrected chi connectivity index (χ2v) is 6.21. The second-order valence-electron chi connectivity index (χ2n) is 6.21. The van der Waals surface area contributed by atoms with Gasteiger partial charge in [-0.1, -0.05) is 6.92 Å². The molecular formula is C16H19FN2O3. The molecule has 0 saturated heterocycles. The maximum absolute atomic E-state index is 13.7. The number of carbonyl (C=O) groups excluding carboxylic acids is 1. The van der Waals surface area contributed by atoms with Gasteiger partial charge in [-0.3, -0.25) is 4.79 Å². The Kier molecular flexibility index (Phi) is 3.54. The number of nitrogens with one attached hydrogen (secondary N) is 1. The van der Waals surface area contributed by atoms with Crippen molar-refractivity contribution >= 4 is 17.7 Å². The lowest BCUT2D eigenvalue weighted by molar-refractivity contribution is -0.117. The molecule has 1 fully saturated rings. The molecule has 2 N–H and O–H groups in total. The highest BCUT2D eigenvalue weighted by Crippen LogP contribution is 2.49. The topological polar surface area (TPSA) is 69.6 Å². The molecule has 0 unspecified atom stereocenters. The number of nitrogens with zero attached hydrogens (tertiary/aromatic N) is 1. The highest BCUT2D eigenvalue weighted by molar-refractivity contribution is 5.94. The molecule has 1 heterocycles. The predicted molar refractivity (Wildman–Crippen MR) is 79.1 cm³/mol. The van der Waals surface area contributed by atoms with E-state index in [9.17, 15) is 14.0 Å². The second kappa shape index (κ2) is 5.26. The van der Waals surface area contributed by atoms with Crippen molar-refractivity contribution in [2.45, 2.75) is 38.8 Å². The van der Waals surface area contributed by atoms with Crippen molar-refractivity contribution in [3.63, 3.8) is 0 Å². The first-order valence-corrected chi connectivity index (χ1v) is 7.49. The SMILES string of the molecule is CC(=O)N1c2ccc(F)cc2[C@H](NC(=O)O)[C@@H](C)[C@@H]1C1CC1. The molecule has 3 rings (SSSR count). The van der Waals surface area contributed by atoms with E-state index in [0.717, 1.165) is 12.8 Å². The van der Waals surface area contributed by atoms with Gasteiger partial charge in [0.05, 0.1) is 6.04 Å². The van der Waals surface area contributed by atoms with Crippen molar-refractivity contribution in [3.8, 4) is 0 Å². The average molecular weight is 306 g/mol. The summed E-state index contributed by atoms with van der Waals surface area (Å²) < 4.78 is 13.7. The molecule has 0 bridgehead atoms. The fourth-order valence-corrected chi connectivity index (χ4v) is 3.67. The Balaban J connectivity index is 2.13. The zero-order chi connectivity index (χ0) is 16.0. The van der Waals surface area contributed by atoms with Crippen LogP contribution >= 0.6 is 0 Å². The van der Waals surface area contributed by atoms with Gasteiger partial charge < -0.3 is 15.3 Å². The molecule has 1 aliphatic carbocycles. The fraction of sp³-hybridized carbons (Fsp3) is 0.500. The summed E-state index contributed by atoms with van der Waals surface area (Å²) in [5.74, 6) is -0.251. The Bertz CT molecular complexity index is 630. The first kappa shape index (κ1) is 14.8. The zero-order valence-electron chi connectivity index (χ0n) is 12.5. The number of fused-ring (bicyclic) bond motifs is 1. The summed E-state index contributed by atoms with van der Waals surface area (Å²) in [6, 6.07) is 3.65. The minimum atomic E-state index is -1.14. The maximum Gasteiger partial charge on any atom is 0.405 e. The zero-order valence-corrected chi connectivity index (χ0v) is 12.5. The van der Waals surface area contributed by atoms with Crippen molar-refractivity contribution in [2.75, 3.05) is 4.90 Å². The number of carbonyl (C=O) groups is 2. The quantitative estimate of drug-likeness (QED) is 0.882. The third-order valence-electron chi connectivity index (χ3n) is 4.67. The van der Waals surface area contributed by atoms with E-state index in [-0.39, 0.29) is 17.9 Å². The number of hydrogen-bond acceptors (Lipinski definition) is 2. The number of benzene rings is 1. The van der Waals surface area contributed by atoms with Crippen LogP contribution in [0.15, 0.2) is 18.2 Å². The lowest BCUT2D eigenvalue weighted by Crippen LogP contribution is -2.53. The first-order chi connectivity index (χ1) is 10.4. The molecule has 6 heteroatoms. The van der Waals surface area contributed by atoms with Crippen LogP contribution in [0, 0.1) is 17.7 Å². The number of amides is 2. The van der Waals surface area contributed by atoms with Crippen LogP contribution in [0.25, 0.3) is 0 Å². The molecule has 118 valence electrons. The molecule has 0 spiro atoms. The Morgan fingerprint density at radius 1 is 1.36 bits per heavy atom. The summed E-state index contributed by atoms with van der Waals surface area (Å²) in [4.78, 5) is 25.0. The molecule has 1 saturated carbocycles. The lowest BCUT2D eigenvalue weighted by atomic mass is 9.80. The summed E-state index contributed by atoms with van der Waals surface area (Å²) in [5, 5.41) is 11.6. The molecule has 0 aromatic heterocycles. The van der Waals surface area contributed by atoms with Gasteiger partial charge in [-0.05, 0) is 37.0 Å². The molecule has 5 nitrogen and oxygen atoms in total. The van der Waals surface area contributed by atoms with Crippen molar-refractivity contribution in [3.05, 3.63) is 29.6 Å². The molecule has 22 heavy (non-hydrogen) atoms. The van der Waals surface area contributed by atoms with E-state index in [0.29, 0.717) is 17.2 Å². The minimum absolute atomic E-state index is 0.0488. The molecule has 2 aliphatic rings. The number of anilines is 1. The van der Waals surface area contributed by atoms with Crippen LogP contribution in [0.3, 0.4) is 0 Å². The number of halogens is 1. The van der Waals surface area contributed by atoms with Gasteiger partial charge in [0.2, 0.25) is 5.91 Å². The van der Waals surface area contributed by atoms with Crippen LogP contribution in [0.2, 0.25) is 0 Å². The van der Waals surface area contributed by atoms with Crippen LogP contribution in [0.5, 0.6) is 0 Å². The van der Waals surface area contributed by atoms with Crippen LogP contribution < -0.4 is 10.2 Å². The highest BCUT2D eigenvalue weighted by Gasteiger charge is 2.47. The van der Waals surface area contributed by atoms with Crippen molar-refractivity contribution < 1.29 is 19.1 Å². The Morgan fingerprint density at radius 3 is 2.59 bits per heavy atom. The number of rotatable bonds is 2. The third kappa shape index (κ3) is 2.42. The van der Waals surface area contributed by atoms with E-state index in [1.54, 1.807) is 11.0 Å². The Hall–Kier alpha value is -2.11. The van der Waals surface area contributed by atoms with Gasteiger partial charge in [0.15, 0.2) is 0 Å².